The summed E-state index contributed by atoms with van der Waals surface area (Å²) in [5.74, 6) is 0.196. The molecule has 2 aromatic carbocycles. The van der Waals surface area contributed by atoms with Gasteiger partial charge in [0.2, 0.25) is 5.91 Å². The van der Waals surface area contributed by atoms with Crippen molar-refractivity contribution in [1.82, 2.24) is 9.80 Å². The minimum Gasteiger partial charge on any atom is -0.365 e. The number of carbonyl (C=O) groups is 1. The quantitative estimate of drug-likeness (QED) is 0.478. The molecule has 7 unspecified atom stereocenters. The van der Waals surface area contributed by atoms with Crippen molar-refractivity contribution in [3.05, 3.63) is 84.0 Å². The highest BCUT2D eigenvalue weighted by molar-refractivity contribution is 5.82. The van der Waals surface area contributed by atoms with Crippen LogP contribution in [-0.4, -0.2) is 52.8 Å². The van der Waals surface area contributed by atoms with Gasteiger partial charge in [-0.2, -0.15) is 0 Å². The van der Waals surface area contributed by atoms with Gasteiger partial charge < -0.3 is 20.3 Å². The van der Waals surface area contributed by atoms with Crippen molar-refractivity contribution >= 4 is 17.3 Å². The molecule has 2 spiro atoms. The first-order chi connectivity index (χ1) is 17.9. The number of fused-ring (bicyclic) bond motifs is 1. The average molecular weight is 495 g/mol. The molecule has 8 rings (SSSR count). The molecule has 2 bridgehead atoms. The summed E-state index contributed by atoms with van der Waals surface area (Å²) in [5, 5.41) is 7.85. The van der Waals surface area contributed by atoms with Gasteiger partial charge in [0, 0.05) is 36.3 Å². The van der Waals surface area contributed by atoms with Crippen molar-refractivity contribution in [2.45, 2.75) is 74.0 Å². The summed E-state index contributed by atoms with van der Waals surface area (Å²) < 4.78 is 6.40. The summed E-state index contributed by atoms with van der Waals surface area (Å²) in [6.45, 7) is 9.90. The number of likely N-dealkylation sites (tertiary alicyclic amines) is 1. The molecule has 1 amide bonds. The smallest absolute Gasteiger partial charge is 0.227 e. The second kappa shape index (κ2) is 7.06. The van der Waals surface area contributed by atoms with Crippen LogP contribution in [-0.2, 0) is 20.4 Å². The van der Waals surface area contributed by atoms with Gasteiger partial charge in [-0.05, 0) is 55.5 Å². The van der Waals surface area contributed by atoms with Crippen molar-refractivity contribution in [3.8, 4) is 0 Å². The average Bonchev–Trinajstić information content (AvgIpc) is 3.24. The fraction of sp³-hybridized carbons (Fsp3) is 0.452. The van der Waals surface area contributed by atoms with E-state index < -0.39 is 0 Å². The Bertz CT molecular complexity index is 1380. The molecule has 6 nitrogen and oxygen atoms in total. The zero-order valence-corrected chi connectivity index (χ0v) is 21.5. The van der Waals surface area contributed by atoms with Gasteiger partial charge in [-0.25, -0.2) is 0 Å². The molecule has 2 N–H and O–H groups in total. The number of ether oxygens (including phenoxy) is 1. The molecule has 0 saturated carbocycles. The number of nitrogens with one attached hydrogen (secondary N) is 2. The summed E-state index contributed by atoms with van der Waals surface area (Å²) in [5.41, 5.74) is 6.11. The number of carbonyl (C=O) groups excluding carboxylic acids is 1. The lowest BCUT2D eigenvalue weighted by Crippen LogP contribution is -2.72. The van der Waals surface area contributed by atoms with E-state index in [1.54, 1.807) is 6.08 Å². The number of hydrogen-bond acceptors (Lipinski definition) is 5. The van der Waals surface area contributed by atoms with Gasteiger partial charge in [0.1, 0.15) is 12.3 Å². The van der Waals surface area contributed by atoms with Gasteiger partial charge in [0.05, 0.1) is 23.2 Å². The first-order valence-corrected chi connectivity index (χ1v) is 13.7. The van der Waals surface area contributed by atoms with Crippen LogP contribution in [0.25, 0.3) is 0 Å². The van der Waals surface area contributed by atoms with Crippen LogP contribution in [0.3, 0.4) is 0 Å². The minimum atomic E-state index is -0.211. The number of amides is 1. The van der Waals surface area contributed by atoms with Gasteiger partial charge in [-0.1, -0.05) is 55.1 Å². The molecule has 3 fully saturated rings. The van der Waals surface area contributed by atoms with Gasteiger partial charge in [-0.3, -0.25) is 9.69 Å². The predicted octanol–water partition coefficient (Wildman–Crippen LogP) is 4.67. The molecule has 6 heterocycles. The first kappa shape index (κ1) is 21.9. The first-order valence-electron chi connectivity index (χ1n) is 13.7. The number of benzene rings is 2. The summed E-state index contributed by atoms with van der Waals surface area (Å²) in [7, 11) is 0. The van der Waals surface area contributed by atoms with E-state index in [2.05, 4.69) is 83.3 Å². The van der Waals surface area contributed by atoms with Crippen LogP contribution < -0.4 is 10.6 Å². The van der Waals surface area contributed by atoms with Crippen molar-refractivity contribution in [2.24, 2.45) is 0 Å². The van der Waals surface area contributed by atoms with E-state index in [1.807, 2.05) is 12.2 Å². The number of piperidine rings is 1. The molecule has 6 aliphatic heterocycles. The third-order valence-corrected chi connectivity index (χ3v) is 10.3. The number of allylic oxidation sites excluding steroid dienone is 2. The van der Waals surface area contributed by atoms with Gasteiger partial charge >= 0.3 is 0 Å². The number of rotatable bonds is 4. The van der Waals surface area contributed by atoms with Crippen molar-refractivity contribution in [3.63, 3.8) is 0 Å². The van der Waals surface area contributed by atoms with Crippen molar-refractivity contribution in [1.29, 1.82) is 0 Å². The van der Waals surface area contributed by atoms with Crippen LogP contribution in [0, 0.1) is 0 Å². The molecule has 6 aliphatic rings. The van der Waals surface area contributed by atoms with Gasteiger partial charge in [-0.15, -0.1) is 0 Å². The highest BCUT2D eigenvalue weighted by atomic mass is 16.6. The Morgan fingerprint density at radius 3 is 2.65 bits per heavy atom. The van der Waals surface area contributed by atoms with Crippen molar-refractivity contribution < 1.29 is 9.53 Å². The third kappa shape index (κ3) is 2.47. The lowest BCUT2D eigenvalue weighted by Gasteiger charge is -2.61. The Kier molecular flexibility index (Phi) is 4.19. The second-order valence-electron chi connectivity index (χ2n) is 12.1. The molecule has 7 atom stereocenters. The molecular formula is C31H34N4O2. The Balaban J connectivity index is 1.41. The summed E-state index contributed by atoms with van der Waals surface area (Å²) in [4.78, 5) is 18.8. The Hall–Kier alpha value is -3.09. The molecule has 190 valence electrons. The number of hydrogen-bond donors (Lipinski definition) is 2. The zero-order valence-electron chi connectivity index (χ0n) is 21.5. The molecule has 0 radical (unpaired) electrons. The minimum absolute atomic E-state index is 0.0261. The maximum absolute atomic E-state index is 13.9. The fourth-order valence-electron chi connectivity index (χ4n) is 9.00. The standard InChI is InChI=1S/C31H34N4O2/c1-4-5-6-14-23(36)34-17-15-30-20-11-7-8-12-21(20)32-27-31(30)16-18-35(28(30)34)25(26-29(2,3)37-26)19-10-9-13-22(33-27)24(19)31/h4-13,25-28,32-33H,1,14-18H2,2-3H3. The number of anilines is 2. The molecule has 0 aliphatic carbocycles. The lowest BCUT2D eigenvalue weighted by molar-refractivity contribution is -0.141. The number of para-hydroxylation sites is 1. The van der Waals surface area contributed by atoms with E-state index >= 15 is 0 Å². The zero-order chi connectivity index (χ0) is 25.2. The van der Waals surface area contributed by atoms with E-state index in [0.29, 0.717) is 6.42 Å². The highest BCUT2D eigenvalue weighted by Crippen LogP contribution is 2.71. The maximum Gasteiger partial charge on any atom is 0.227 e. The van der Waals surface area contributed by atoms with E-state index in [1.165, 1.54) is 28.1 Å². The largest absolute Gasteiger partial charge is 0.365 e. The predicted molar refractivity (Wildman–Crippen MR) is 144 cm³/mol. The molecule has 2 aromatic rings. The van der Waals surface area contributed by atoms with Crippen molar-refractivity contribution in [2.75, 3.05) is 23.7 Å². The fourth-order valence-corrected chi connectivity index (χ4v) is 9.00. The highest BCUT2D eigenvalue weighted by Gasteiger charge is 2.76. The number of epoxide rings is 1. The van der Waals surface area contributed by atoms with Crippen LogP contribution in [0.4, 0.5) is 11.4 Å². The van der Waals surface area contributed by atoms with Crippen LogP contribution in [0.5, 0.6) is 0 Å². The topological polar surface area (TPSA) is 60.1 Å². The van der Waals surface area contributed by atoms with E-state index in [0.717, 1.165) is 25.9 Å². The summed E-state index contributed by atoms with van der Waals surface area (Å²) in [6.07, 6.45) is 8.13. The Labute approximate surface area is 218 Å². The van der Waals surface area contributed by atoms with E-state index in [4.69, 9.17) is 4.74 Å². The molecule has 3 saturated heterocycles. The Morgan fingerprint density at radius 2 is 1.84 bits per heavy atom. The normalized spacial score (nSPS) is 38.8. The van der Waals surface area contributed by atoms with Crippen LogP contribution in [0.1, 0.15) is 55.8 Å². The van der Waals surface area contributed by atoms with Crippen LogP contribution in [0.15, 0.2) is 67.3 Å². The third-order valence-electron chi connectivity index (χ3n) is 10.3. The molecule has 0 aromatic heterocycles. The Morgan fingerprint density at radius 1 is 1.08 bits per heavy atom. The number of nitrogens with zero attached hydrogens (tertiary/aromatic N) is 2. The lowest BCUT2D eigenvalue weighted by atomic mass is 9.50. The molecular weight excluding hydrogens is 460 g/mol. The summed E-state index contributed by atoms with van der Waals surface area (Å²) >= 11 is 0. The summed E-state index contributed by atoms with van der Waals surface area (Å²) in [6, 6.07) is 15.7. The van der Waals surface area contributed by atoms with Crippen LogP contribution >= 0.6 is 0 Å². The van der Waals surface area contributed by atoms with Crippen LogP contribution in [0.2, 0.25) is 0 Å². The SMILES string of the molecule is C=CC=CCC(=O)N1CCC23c4ccccc4NC4Nc5cccc6c5C42CCN(C6C2OC2(C)C)C13. The monoisotopic (exact) mass is 494 g/mol. The van der Waals surface area contributed by atoms with Gasteiger partial charge in [0.25, 0.3) is 0 Å². The van der Waals surface area contributed by atoms with E-state index in [9.17, 15) is 4.79 Å². The molecule has 6 heteroatoms. The van der Waals surface area contributed by atoms with Gasteiger partial charge in [0.15, 0.2) is 0 Å². The maximum atomic E-state index is 13.9. The molecule has 37 heavy (non-hydrogen) atoms. The van der Waals surface area contributed by atoms with E-state index in [-0.39, 0.29) is 46.8 Å². The second-order valence-corrected chi connectivity index (χ2v) is 12.1.